The van der Waals surface area contributed by atoms with Gasteiger partial charge in [0.15, 0.2) is 0 Å². The number of likely N-dealkylation sites (N-methyl/N-ethyl adjacent to an activating group) is 1. The van der Waals surface area contributed by atoms with Crippen molar-refractivity contribution in [1.29, 1.82) is 0 Å². The van der Waals surface area contributed by atoms with E-state index in [0.29, 0.717) is 18.4 Å². The minimum absolute atomic E-state index is 0.289. The van der Waals surface area contributed by atoms with Gasteiger partial charge in [0, 0.05) is 37.9 Å². The van der Waals surface area contributed by atoms with Crippen LogP contribution in [0.15, 0.2) is 42.5 Å². The fourth-order valence-corrected chi connectivity index (χ4v) is 8.26. The highest BCUT2D eigenvalue weighted by Crippen LogP contribution is 2.34. The molecule has 10 heteroatoms. The first kappa shape index (κ1) is 25.1. The standard InChI is InChI=1S/C24H34N4O4S2/c1-18-8-11-23(28-14-12-27(2)13-15-28)22-16-20(9-10-21(18)22)26-33(29,30)17-24(34(25,31)32)19-6-4-3-5-7-19/h3-8,11,20,24,26H,9-10,12-17H2,1-2H3,(H2,25,31,32)/t20-,24?/m1/s1. The zero-order valence-electron chi connectivity index (χ0n) is 19.8. The monoisotopic (exact) mass is 506 g/mol. The van der Waals surface area contributed by atoms with E-state index in [9.17, 15) is 16.8 Å². The predicted molar refractivity (Wildman–Crippen MR) is 136 cm³/mol. The maximum atomic E-state index is 13.1. The summed E-state index contributed by atoms with van der Waals surface area (Å²) in [5.41, 5.74) is 5.29. The zero-order chi connectivity index (χ0) is 24.5. The number of sulfonamides is 2. The van der Waals surface area contributed by atoms with Crippen LogP contribution in [0.25, 0.3) is 0 Å². The molecule has 2 aliphatic rings. The third-order valence-corrected chi connectivity index (χ3v) is 9.87. The highest BCUT2D eigenvalue weighted by atomic mass is 32.2. The molecule has 1 heterocycles. The summed E-state index contributed by atoms with van der Waals surface area (Å²) < 4.78 is 53.4. The lowest BCUT2D eigenvalue weighted by Gasteiger charge is -2.37. The maximum Gasteiger partial charge on any atom is 0.217 e. The van der Waals surface area contributed by atoms with Crippen LogP contribution in [-0.4, -0.2) is 66.8 Å². The number of piperazine rings is 1. The number of hydrogen-bond acceptors (Lipinski definition) is 6. The molecule has 1 aliphatic carbocycles. The second kappa shape index (κ2) is 9.94. The first-order chi connectivity index (χ1) is 16.0. The van der Waals surface area contributed by atoms with Crippen molar-refractivity contribution >= 4 is 25.7 Å². The Bertz CT molecular complexity index is 1230. The largest absolute Gasteiger partial charge is 0.369 e. The summed E-state index contributed by atoms with van der Waals surface area (Å²) in [5, 5.41) is 4.10. The Morgan fingerprint density at radius 3 is 2.32 bits per heavy atom. The Morgan fingerprint density at radius 2 is 1.68 bits per heavy atom. The molecular weight excluding hydrogens is 472 g/mol. The van der Waals surface area contributed by atoms with E-state index in [1.54, 1.807) is 30.3 Å². The molecule has 2 aromatic carbocycles. The number of fused-ring (bicyclic) bond motifs is 1. The second-order valence-corrected chi connectivity index (χ2v) is 13.0. The predicted octanol–water partition coefficient (Wildman–Crippen LogP) is 1.55. The van der Waals surface area contributed by atoms with Crippen molar-refractivity contribution in [3.63, 3.8) is 0 Å². The Morgan fingerprint density at radius 1 is 1.00 bits per heavy atom. The molecule has 0 radical (unpaired) electrons. The van der Waals surface area contributed by atoms with Gasteiger partial charge in [-0.3, -0.25) is 0 Å². The van der Waals surface area contributed by atoms with Gasteiger partial charge in [-0.2, -0.15) is 0 Å². The van der Waals surface area contributed by atoms with Gasteiger partial charge in [-0.15, -0.1) is 0 Å². The van der Waals surface area contributed by atoms with E-state index >= 15 is 0 Å². The van der Waals surface area contributed by atoms with Crippen molar-refractivity contribution < 1.29 is 16.8 Å². The minimum atomic E-state index is -4.10. The number of anilines is 1. The van der Waals surface area contributed by atoms with Gasteiger partial charge in [-0.25, -0.2) is 26.7 Å². The van der Waals surface area contributed by atoms with Crippen LogP contribution in [0.2, 0.25) is 0 Å². The molecule has 186 valence electrons. The molecule has 0 saturated carbocycles. The van der Waals surface area contributed by atoms with E-state index in [0.717, 1.165) is 32.6 Å². The van der Waals surface area contributed by atoms with Crippen LogP contribution in [0.5, 0.6) is 0 Å². The van der Waals surface area contributed by atoms with E-state index in [4.69, 9.17) is 5.14 Å². The normalized spacial score (nSPS) is 20.7. The summed E-state index contributed by atoms with van der Waals surface area (Å²) >= 11 is 0. The van der Waals surface area contributed by atoms with Crippen LogP contribution < -0.4 is 14.8 Å². The Balaban J connectivity index is 1.54. The molecule has 1 aliphatic heterocycles. The van der Waals surface area contributed by atoms with Crippen LogP contribution >= 0.6 is 0 Å². The van der Waals surface area contributed by atoms with Gasteiger partial charge in [0.25, 0.3) is 0 Å². The molecule has 4 rings (SSSR count). The van der Waals surface area contributed by atoms with E-state index < -0.39 is 31.0 Å². The molecule has 2 aromatic rings. The van der Waals surface area contributed by atoms with Gasteiger partial charge < -0.3 is 9.80 Å². The molecule has 0 bridgehead atoms. The van der Waals surface area contributed by atoms with Crippen LogP contribution in [0, 0.1) is 6.92 Å². The molecule has 0 spiro atoms. The van der Waals surface area contributed by atoms with Crippen molar-refractivity contribution in [3.8, 4) is 0 Å². The maximum absolute atomic E-state index is 13.1. The van der Waals surface area contributed by atoms with Gasteiger partial charge in [0.2, 0.25) is 20.0 Å². The summed E-state index contributed by atoms with van der Waals surface area (Å²) in [6, 6.07) is 12.3. The van der Waals surface area contributed by atoms with E-state index in [-0.39, 0.29) is 6.04 Å². The van der Waals surface area contributed by atoms with Gasteiger partial charge in [-0.05, 0) is 61.6 Å². The lowest BCUT2D eigenvalue weighted by Crippen LogP contribution is -2.46. The molecule has 1 unspecified atom stereocenters. The first-order valence-corrected chi connectivity index (χ1v) is 14.9. The molecule has 3 N–H and O–H groups in total. The smallest absolute Gasteiger partial charge is 0.217 e. The molecule has 0 aromatic heterocycles. The molecule has 1 saturated heterocycles. The molecule has 34 heavy (non-hydrogen) atoms. The average Bonchev–Trinajstić information content (AvgIpc) is 2.78. The van der Waals surface area contributed by atoms with Crippen molar-refractivity contribution in [2.45, 2.75) is 37.5 Å². The van der Waals surface area contributed by atoms with Crippen LogP contribution in [-0.2, 0) is 32.9 Å². The van der Waals surface area contributed by atoms with E-state index in [1.807, 2.05) is 0 Å². The average molecular weight is 507 g/mol. The quantitative estimate of drug-likeness (QED) is 0.589. The van der Waals surface area contributed by atoms with Gasteiger partial charge in [0.1, 0.15) is 5.25 Å². The SMILES string of the molecule is Cc1ccc(N2CCN(C)CC2)c2c1CC[C@@H](NS(=O)(=O)CC(c1ccccc1)S(N)(=O)=O)C2. The van der Waals surface area contributed by atoms with Gasteiger partial charge >= 0.3 is 0 Å². The number of rotatable bonds is 7. The summed E-state index contributed by atoms with van der Waals surface area (Å²) in [6.45, 7) is 5.97. The fraction of sp³-hybridized carbons (Fsp3) is 0.500. The van der Waals surface area contributed by atoms with Crippen LogP contribution in [0.1, 0.15) is 33.9 Å². The van der Waals surface area contributed by atoms with Crippen molar-refractivity contribution in [1.82, 2.24) is 9.62 Å². The minimum Gasteiger partial charge on any atom is -0.369 e. The number of primary sulfonamides is 1. The highest BCUT2D eigenvalue weighted by Gasteiger charge is 2.33. The molecule has 0 amide bonds. The van der Waals surface area contributed by atoms with Crippen LogP contribution in [0.3, 0.4) is 0 Å². The number of aryl methyl sites for hydroxylation is 1. The summed E-state index contributed by atoms with van der Waals surface area (Å²) in [7, 11) is -5.88. The number of hydrogen-bond donors (Lipinski definition) is 2. The van der Waals surface area contributed by atoms with Gasteiger partial charge in [0.05, 0.1) is 5.75 Å². The Labute approximate surface area is 203 Å². The van der Waals surface area contributed by atoms with Gasteiger partial charge in [-0.1, -0.05) is 36.4 Å². The lowest BCUT2D eigenvalue weighted by atomic mass is 9.84. The number of nitrogens with one attached hydrogen (secondary N) is 1. The van der Waals surface area contributed by atoms with E-state index in [1.165, 1.54) is 22.4 Å². The summed E-state index contributed by atoms with van der Waals surface area (Å²) in [6.07, 6.45) is 2.04. The summed E-state index contributed by atoms with van der Waals surface area (Å²) in [4.78, 5) is 4.70. The molecular formula is C24H34N4O4S2. The zero-order valence-corrected chi connectivity index (χ0v) is 21.4. The lowest BCUT2D eigenvalue weighted by molar-refractivity contribution is 0.312. The van der Waals surface area contributed by atoms with Crippen molar-refractivity contribution in [2.75, 3.05) is 43.9 Å². The second-order valence-electron chi connectivity index (χ2n) is 9.48. The van der Waals surface area contributed by atoms with Crippen molar-refractivity contribution in [2.24, 2.45) is 5.14 Å². The first-order valence-electron chi connectivity index (χ1n) is 11.6. The van der Waals surface area contributed by atoms with Crippen molar-refractivity contribution in [3.05, 3.63) is 64.7 Å². The topological polar surface area (TPSA) is 113 Å². The Hall–Kier alpha value is -1.98. The number of nitrogens with two attached hydrogens (primary N) is 1. The highest BCUT2D eigenvalue weighted by molar-refractivity contribution is 7.93. The molecule has 2 atom stereocenters. The fourth-order valence-electron chi connectivity index (χ4n) is 5.03. The molecule has 1 fully saturated rings. The molecule has 8 nitrogen and oxygen atoms in total. The van der Waals surface area contributed by atoms with Crippen LogP contribution in [0.4, 0.5) is 5.69 Å². The summed E-state index contributed by atoms with van der Waals surface area (Å²) in [5.74, 6) is -0.599. The third-order valence-electron chi connectivity index (χ3n) is 6.96. The number of nitrogens with zero attached hydrogens (tertiary/aromatic N) is 2. The van der Waals surface area contributed by atoms with E-state index in [2.05, 4.69) is 40.6 Å². The number of benzene rings is 2. The third kappa shape index (κ3) is 5.80. The Kier molecular flexibility index (Phi) is 7.35.